The van der Waals surface area contributed by atoms with E-state index in [9.17, 15) is 0 Å². The second-order valence-corrected chi connectivity index (χ2v) is 22.6. The van der Waals surface area contributed by atoms with Gasteiger partial charge in [0, 0.05) is 51.1 Å². The van der Waals surface area contributed by atoms with Crippen LogP contribution in [0.25, 0.3) is 66.2 Å². The van der Waals surface area contributed by atoms with Crippen LogP contribution in [0.3, 0.4) is 0 Å². The summed E-state index contributed by atoms with van der Waals surface area (Å²) in [4.78, 5) is 9.88. The molecule has 6 heteroatoms. The van der Waals surface area contributed by atoms with E-state index >= 15 is 0 Å². The lowest BCUT2D eigenvalue weighted by atomic mass is 9.78. The fourth-order valence-corrected chi connectivity index (χ4v) is 10.8. The van der Waals surface area contributed by atoms with Crippen LogP contribution < -0.4 is 14.5 Å². The molecule has 0 aliphatic carbocycles. The van der Waals surface area contributed by atoms with Crippen molar-refractivity contribution in [3.63, 3.8) is 0 Å². The van der Waals surface area contributed by atoms with Crippen molar-refractivity contribution in [3.8, 4) is 34.1 Å². The van der Waals surface area contributed by atoms with Crippen LogP contribution >= 0.6 is 0 Å². The molecule has 356 valence electrons. The van der Waals surface area contributed by atoms with Crippen molar-refractivity contribution in [2.75, 3.05) is 16.5 Å². The fraction of sp³-hybridized carbons (Fsp3) is 0.197. The molecular weight excluding hydrogens is 879 g/mol. The molecule has 0 atom stereocenters. The zero-order valence-corrected chi connectivity index (χ0v) is 42.8. The van der Waals surface area contributed by atoms with Gasteiger partial charge in [-0.25, -0.2) is 4.98 Å². The lowest BCUT2D eigenvalue weighted by Gasteiger charge is -2.30. The van der Waals surface area contributed by atoms with Crippen molar-refractivity contribution in [3.05, 3.63) is 211 Å². The highest BCUT2D eigenvalue weighted by atomic mass is 16.5. The van der Waals surface area contributed by atoms with Gasteiger partial charge in [-0.1, -0.05) is 165 Å². The first-order valence-corrected chi connectivity index (χ1v) is 25.3. The van der Waals surface area contributed by atoms with Gasteiger partial charge in [0.05, 0.1) is 44.8 Å². The van der Waals surface area contributed by atoms with Gasteiger partial charge in [0.25, 0.3) is 0 Å². The summed E-state index contributed by atoms with van der Waals surface area (Å²) in [6.45, 7) is 21.3. The van der Waals surface area contributed by atoms with Gasteiger partial charge in [-0.3, -0.25) is 4.57 Å². The quantitative estimate of drug-likeness (QED) is 0.160. The van der Waals surface area contributed by atoms with Crippen LogP contribution in [0.15, 0.2) is 194 Å². The minimum absolute atomic E-state index is 0.0190. The zero-order valence-electron chi connectivity index (χ0n) is 42.8. The van der Waals surface area contributed by atoms with Gasteiger partial charge in [0.1, 0.15) is 24.0 Å². The van der Waals surface area contributed by atoms with Crippen molar-refractivity contribution in [1.29, 1.82) is 0 Å². The summed E-state index contributed by atoms with van der Waals surface area (Å²) in [7, 11) is 0. The van der Waals surface area contributed by atoms with E-state index in [2.05, 4.69) is 269 Å². The first kappa shape index (κ1) is 45.1. The molecule has 8 aromatic carbocycles. The summed E-state index contributed by atoms with van der Waals surface area (Å²) >= 11 is 0. The molecule has 0 N–H and O–H groups in total. The number of pyridine rings is 1. The van der Waals surface area contributed by atoms with Crippen molar-refractivity contribution < 1.29 is 4.74 Å². The lowest BCUT2D eigenvalue weighted by molar-refractivity contribution is 0.483. The van der Waals surface area contributed by atoms with Crippen molar-refractivity contribution in [2.24, 2.45) is 0 Å². The number of anilines is 4. The molecule has 0 radical (unpaired) electrons. The molecule has 0 bridgehead atoms. The Balaban J connectivity index is 0.990. The Morgan fingerprint density at radius 2 is 0.931 bits per heavy atom. The van der Waals surface area contributed by atoms with Gasteiger partial charge >= 0.3 is 0 Å². The second kappa shape index (κ2) is 16.8. The molecule has 3 aromatic heterocycles. The third-order valence-corrected chi connectivity index (χ3v) is 14.7. The van der Waals surface area contributed by atoms with Gasteiger partial charge in [-0.2, -0.15) is 0 Å². The Kier molecular flexibility index (Phi) is 10.5. The van der Waals surface area contributed by atoms with E-state index in [0.29, 0.717) is 6.67 Å². The molecule has 1 aliphatic heterocycles. The van der Waals surface area contributed by atoms with E-state index in [1.807, 2.05) is 6.20 Å². The average molecular weight is 940 g/mol. The zero-order chi connectivity index (χ0) is 49.7. The van der Waals surface area contributed by atoms with Crippen LogP contribution in [0.4, 0.5) is 22.7 Å². The van der Waals surface area contributed by atoms with E-state index in [1.54, 1.807) is 0 Å². The summed E-state index contributed by atoms with van der Waals surface area (Å²) in [6.07, 6.45) is 1.93. The molecule has 0 saturated heterocycles. The molecule has 72 heavy (non-hydrogen) atoms. The number of fused-ring (bicyclic) bond motifs is 7. The minimum atomic E-state index is -0.0514. The highest BCUT2D eigenvalue weighted by molar-refractivity contribution is 6.11. The number of hydrogen-bond donors (Lipinski definition) is 0. The summed E-state index contributed by atoms with van der Waals surface area (Å²) in [5, 5.41) is 4.81. The van der Waals surface area contributed by atoms with Crippen molar-refractivity contribution >= 4 is 66.4 Å². The molecule has 0 saturated carbocycles. The number of nitrogens with zero attached hydrogens (tertiary/aromatic N) is 5. The average Bonchev–Trinajstić information content (AvgIpc) is 4.03. The van der Waals surface area contributed by atoms with Crippen LogP contribution in [0, 0.1) is 0 Å². The maximum absolute atomic E-state index is 6.88. The van der Waals surface area contributed by atoms with E-state index in [-0.39, 0.29) is 16.2 Å². The summed E-state index contributed by atoms with van der Waals surface area (Å²) in [5.41, 5.74) is 16.3. The molecule has 0 fully saturated rings. The summed E-state index contributed by atoms with van der Waals surface area (Å²) < 4.78 is 11.6. The standard InChI is InChI=1S/C66H61N5O/c1-64(2,3)44-34-35-67-62(39-44)71-57-28-15-12-24-53(57)54-33-32-49(41-61(54)71)72-48-21-18-20-47(40-48)68-42-69(59-30-17-16-29-58(59)68)63-50(43-36-45(65(4,5)6)38-46(37-43)66(7,8)9)25-19-31-60(63)70-55-26-13-10-22-51(55)52-23-11-14-27-56(52)70/h10-41H,42H2,1-9H3. The van der Waals surface area contributed by atoms with E-state index in [4.69, 9.17) is 9.72 Å². The van der Waals surface area contributed by atoms with E-state index in [0.717, 1.165) is 62.2 Å². The Labute approximate surface area is 423 Å². The molecule has 6 nitrogen and oxygen atoms in total. The van der Waals surface area contributed by atoms with Gasteiger partial charge < -0.3 is 19.1 Å². The first-order chi connectivity index (χ1) is 34.6. The minimum Gasteiger partial charge on any atom is -0.457 e. The SMILES string of the molecule is CC(C)(C)c1cc(-c2cccc(-n3c4ccccc4c4ccccc43)c2N2CN(c3cccc(Oc4ccc5c6ccccc6n(-c6cc(C(C)(C)C)ccn6)c5c4)c3)c3ccccc32)cc(C(C)(C)C)c1. The van der Waals surface area contributed by atoms with Crippen molar-refractivity contribution in [1.82, 2.24) is 14.1 Å². The molecule has 0 unspecified atom stereocenters. The van der Waals surface area contributed by atoms with Gasteiger partial charge in [-0.05, 0) is 111 Å². The normalized spacial score (nSPS) is 13.2. The number of para-hydroxylation sites is 6. The predicted molar refractivity (Wildman–Crippen MR) is 303 cm³/mol. The molecule has 12 rings (SSSR count). The lowest BCUT2D eigenvalue weighted by Crippen LogP contribution is -2.25. The Morgan fingerprint density at radius 1 is 0.403 bits per heavy atom. The van der Waals surface area contributed by atoms with E-state index < -0.39 is 0 Å². The van der Waals surface area contributed by atoms with Crippen LogP contribution in [0.2, 0.25) is 0 Å². The maximum Gasteiger partial charge on any atom is 0.137 e. The third kappa shape index (κ3) is 7.68. The van der Waals surface area contributed by atoms with Crippen molar-refractivity contribution in [2.45, 2.75) is 78.6 Å². The third-order valence-electron chi connectivity index (χ3n) is 14.7. The number of rotatable bonds is 7. The summed E-state index contributed by atoms with van der Waals surface area (Å²) in [6, 6.07) is 68.5. The fourth-order valence-electron chi connectivity index (χ4n) is 10.8. The number of benzene rings is 8. The Morgan fingerprint density at radius 3 is 1.56 bits per heavy atom. The Bertz CT molecular complexity index is 3820. The molecular formula is C66H61N5O. The smallest absolute Gasteiger partial charge is 0.137 e. The molecule has 1 aliphatic rings. The van der Waals surface area contributed by atoms with Crippen LogP contribution in [0.1, 0.15) is 79.0 Å². The molecule has 4 heterocycles. The van der Waals surface area contributed by atoms with Crippen LogP contribution in [0.5, 0.6) is 11.5 Å². The van der Waals surface area contributed by atoms with Gasteiger partial charge in [-0.15, -0.1) is 0 Å². The largest absolute Gasteiger partial charge is 0.457 e. The first-order valence-electron chi connectivity index (χ1n) is 25.3. The van der Waals surface area contributed by atoms with Gasteiger partial charge in [0.15, 0.2) is 0 Å². The number of ether oxygens (including phenoxy) is 1. The Hall–Kier alpha value is -8.09. The number of aromatic nitrogens is 3. The van der Waals surface area contributed by atoms with Crippen LogP contribution in [-0.4, -0.2) is 20.8 Å². The highest BCUT2D eigenvalue weighted by Crippen LogP contribution is 2.51. The van der Waals surface area contributed by atoms with E-state index in [1.165, 1.54) is 55.0 Å². The monoisotopic (exact) mass is 939 g/mol. The molecule has 0 amide bonds. The molecule has 0 spiro atoms. The maximum atomic E-state index is 6.88. The second-order valence-electron chi connectivity index (χ2n) is 22.6. The molecule has 11 aromatic rings. The predicted octanol–water partition coefficient (Wildman–Crippen LogP) is 17.9. The van der Waals surface area contributed by atoms with Crippen LogP contribution in [-0.2, 0) is 16.2 Å². The topological polar surface area (TPSA) is 38.5 Å². The van der Waals surface area contributed by atoms with Gasteiger partial charge in [0.2, 0.25) is 0 Å². The summed E-state index contributed by atoms with van der Waals surface area (Å²) in [5.74, 6) is 2.42. The highest BCUT2D eigenvalue weighted by Gasteiger charge is 2.33. The number of hydrogen-bond acceptors (Lipinski definition) is 4.